The van der Waals surface area contributed by atoms with E-state index in [-0.39, 0.29) is 11.4 Å². The molecule has 7 nitrogen and oxygen atoms in total. The molecule has 8 heteroatoms. The molecule has 1 aliphatic carbocycles. The van der Waals surface area contributed by atoms with Crippen LogP contribution in [0.4, 0.5) is 5.82 Å². The van der Waals surface area contributed by atoms with Gasteiger partial charge in [0.05, 0.1) is 11.3 Å². The zero-order valence-electron chi connectivity index (χ0n) is 14.9. The van der Waals surface area contributed by atoms with Gasteiger partial charge in [0.15, 0.2) is 0 Å². The van der Waals surface area contributed by atoms with Gasteiger partial charge in [-0.3, -0.25) is 13.9 Å². The van der Waals surface area contributed by atoms with Crippen molar-refractivity contribution < 1.29 is 0 Å². The fourth-order valence-corrected chi connectivity index (χ4v) is 4.15. The van der Waals surface area contributed by atoms with E-state index in [0.29, 0.717) is 22.8 Å². The standard InChI is InChI=1S/C18H21N5O2S/c1-3-8-23-15(20)14(17(24)22(2)18(23)25)13-10-26-16(21-13)12(9-19)11-6-4-5-7-11/h10H,3-8,20H2,1-2H3. The zero-order valence-corrected chi connectivity index (χ0v) is 15.7. The summed E-state index contributed by atoms with van der Waals surface area (Å²) in [6.45, 7) is 2.36. The second kappa shape index (κ2) is 7.30. The number of nitrogens with zero attached hydrogens (tertiary/aromatic N) is 4. The van der Waals surface area contributed by atoms with Crippen LogP contribution in [0.5, 0.6) is 0 Å². The van der Waals surface area contributed by atoms with E-state index < -0.39 is 11.2 Å². The normalized spacial score (nSPS) is 13.8. The van der Waals surface area contributed by atoms with E-state index in [2.05, 4.69) is 11.1 Å². The average molecular weight is 371 g/mol. The van der Waals surface area contributed by atoms with E-state index in [9.17, 15) is 14.9 Å². The van der Waals surface area contributed by atoms with Crippen LogP contribution in [-0.4, -0.2) is 14.1 Å². The van der Waals surface area contributed by atoms with Crippen LogP contribution >= 0.6 is 11.3 Å². The SMILES string of the molecule is CCCn1c(N)c(-c2csc(C(C#N)=C3CCCC3)n2)c(=O)n(C)c1=O. The summed E-state index contributed by atoms with van der Waals surface area (Å²) in [5.74, 6) is 0.129. The lowest BCUT2D eigenvalue weighted by Gasteiger charge is -2.13. The topological polar surface area (TPSA) is 107 Å². The Morgan fingerprint density at radius 3 is 2.69 bits per heavy atom. The number of nitrogens with two attached hydrogens (primary N) is 1. The quantitative estimate of drug-likeness (QED) is 0.831. The summed E-state index contributed by atoms with van der Waals surface area (Å²) in [6.07, 6.45) is 4.74. The highest BCUT2D eigenvalue weighted by atomic mass is 32.1. The molecule has 0 saturated heterocycles. The lowest BCUT2D eigenvalue weighted by molar-refractivity contribution is 0.600. The third-order valence-electron chi connectivity index (χ3n) is 4.68. The second-order valence-corrected chi connectivity index (χ2v) is 7.25. The second-order valence-electron chi connectivity index (χ2n) is 6.39. The molecule has 0 spiro atoms. The highest BCUT2D eigenvalue weighted by Crippen LogP contribution is 2.34. The molecule has 2 N–H and O–H groups in total. The molecule has 0 aliphatic heterocycles. The molecule has 1 fully saturated rings. The Balaban J connectivity index is 2.16. The minimum atomic E-state index is -0.469. The van der Waals surface area contributed by atoms with Gasteiger partial charge in [-0.15, -0.1) is 11.3 Å². The fraction of sp³-hybridized carbons (Fsp3) is 0.444. The Hall–Kier alpha value is -2.66. The van der Waals surface area contributed by atoms with Crippen LogP contribution in [0.15, 0.2) is 20.5 Å². The monoisotopic (exact) mass is 371 g/mol. The molecule has 0 radical (unpaired) electrons. The molecule has 0 bridgehead atoms. The van der Waals surface area contributed by atoms with E-state index in [1.54, 1.807) is 5.38 Å². The first-order chi connectivity index (χ1) is 12.5. The van der Waals surface area contributed by atoms with Crippen molar-refractivity contribution in [3.05, 3.63) is 36.8 Å². The van der Waals surface area contributed by atoms with Crippen LogP contribution in [0.2, 0.25) is 0 Å². The number of aromatic nitrogens is 3. The van der Waals surface area contributed by atoms with Crippen molar-refractivity contribution in [2.24, 2.45) is 7.05 Å². The van der Waals surface area contributed by atoms with E-state index in [1.807, 2.05) is 6.92 Å². The number of anilines is 1. The Labute approximate surface area is 155 Å². The number of nitrogen functional groups attached to an aromatic ring is 1. The molecule has 1 saturated carbocycles. The summed E-state index contributed by atoms with van der Waals surface area (Å²) in [5.41, 5.74) is 7.62. The maximum absolute atomic E-state index is 12.6. The Morgan fingerprint density at radius 1 is 1.38 bits per heavy atom. The Bertz CT molecular complexity index is 1030. The number of hydrogen-bond acceptors (Lipinski definition) is 6. The van der Waals surface area contributed by atoms with Crippen molar-refractivity contribution in [3.8, 4) is 17.3 Å². The highest BCUT2D eigenvalue weighted by molar-refractivity contribution is 7.11. The first kappa shape index (κ1) is 18.1. The van der Waals surface area contributed by atoms with Gasteiger partial charge in [-0.2, -0.15) is 5.26 Å². The van der Waals surface area contributed by atoms with E-state index in [1.165, 1.54) is 23.0 Å². The van der Waals surface area contributed by atoms with E-state index in [4.69, 9.17) is 5.73 Å². The van der Waals surface area contributed by atoms with Crippen molar-refractivity contribution in [1.82, 2.24) is 14.1 Å². The fourth-order valence-electron chi connectivity index (χ4n) is 3.30. The van der Waals surface area contributed by atoms with Gasteiger partial charge in [0, 0.05) is 19.0 Å². The molecule has 2 aromatic rings. The van der Waals surface area contributed by atoms with Crippen molar-refractivity contribution in [2.75, 3.05) is 5.73 Å². The minimum absolute atomic E-state index is 0.129. The largest absolute Gasteiger partial charge is 0.384 e. The van der Waals surface area contributed by atoms with E-state index >= 15 is 0 Å². The Morgan fingerprint density at radius 2 is 2.08 bits per heavy atom. The zero-order chi connectivity index (χ0) is 18.8. The van der Waals surface area contributed by atoms with Crippen LogP contribution in [0.25, 0.3) is 16.8 Å². The van der Waals surface area contributed by atoms with Gasteiger partial charge in [0.1, 0.15) is 22.5 Å². The number of allylic oxidation sites excluding steroid dienone is 2. The van der Waals surface area contributed by atoms with Gasteiger partial charge in [-0.1, -0.05) is 6.92 Å². The molecular formula is C18H21N5O2S. The summed E-state index contributed by atoms with van der Waals surface area (Å²) >= 11 is 1.33. The van der Waals surface area contributed by atoms with Crippen LogP contribution in [0, 0.1) is 11.3 Å². The molecule has 136 valence electrons. The maximum Gasteiger partial charge on any atom is 0.332 e. The summed E-state index contributed by atoms with van der Waals surface area (Å²) in [7, 11) is 1.44. The van der Waals surface area contributed by atoms with Crippen molar-refractivity contribution >= 4 is 22.7 Å². The molecule has 1 aliphatic rings. The predicted octanol–water partition coefficient (Wildman–Crippen LogP) is 2.51. The summed E-state index contributed by atoms with van der Waals surface area (Å²) < 4.78 is 2.46. The van der Waals surface area contributed by atoms with Crippen LogP contribution in [-0.2, 0) is 13.6 Å². The van der Waals surface area contributed by atoms with Crippen molar-refractivity contribution in [2.45, 2.75) is 45.6 Å². The van der Waals surface area contributed by atoms with Crippen LogP contribution in [0.1, 0.15) is 44.0 Å². The van der Waals surface area contributed by atoms with Gasteiger partial charge in [-0.25, -0.2) is 9.78 Å². The average Bonchev–Trinajstić information content (AvgIpc) is 3.31. The maximum atomic E-state index is 12.6. The third-order valence-corrected chi connectivity index (χ3v) is 5.54. The van der Waals surface area contributed by atoms with E-state index in [0.717, 1.165) is 42.2 Å². The van der Waals surface area contributed by atoms with Gasteiger partial charge < -0.3 is 5.73 Å². The molecule has 3 rings (SSSR count). The molecule has 0 aromatic carbocycles. The van der Waals surface area contributed by atoms with Gasteiger partial charge in [0.2, 0.25) is 0 Å². The summed E-state index contributed by atoms with van der Waals surface area (Å²) in [5, 5.41) is 11.9. The number of nitriles is 1. The van der Waals surface area contributed by atoms with Crippen molar-refractivity contribution in [3.63, 3.8) is 0 Å². The van der Waals surface area contributed by atoms with Gasteiger partial charge in [-0.05, 0) is 37.7 Å². The minimum Gasteiger partial charge on any atom is -0.384 e. The molecular weight excluding hydrogens is 350 g/mol. The number of rotatable bonds is 4. The van der Waals surface area contributed by atoms with Crippen LogP contribution < -0.4 is 17.0 Å². The van der Waals surface area contributed by atoms with Crippen LogP contribution in [0.3, 0.4) is 0 Å². The number of hydrogen-bond donors (Lipinski definition) is 1. The lowest BCUT2D eigenvalue weighted by atomic mass is 10.1. The van der Waals surface area contributed by atoms with Crippen molar-refractivity contribution in [1.29, 1.82) is 5.26 Å². The molecule has 2 heterocycles. The lowest BCUT2D eigenvalue weighted by Crippen LogP contribution is -2.40. The first-order valence-electron chi connectivity index (χ1n) is 8.67. The molecule has 26 heavy (non-hydrogen) atoms. The molecule has 0 unspecified atom stereocenters. The number of thiazole rings is 1. The Kier molecular flexibility index (Phi) is 5.09. The third kappa shape index (κ3) is 2.99. The first-order valence-corrected chi connectivity index (χ1v) is 9.55. The smallest absolute Gasteiger partial charge is 0.332 e. The van der Waals surface area contributed by atoms with Gasteiger partial charge >= 0.3 is 5.69 Å². The highest BCUT2D eigenvalue weighted by Gasteiger charge is 2.21. The van der Waals surface area contributed by atoms with Gasteiger partial charge in [0.25, 0.3) is 5.56 Å². The molecule has 0 amide bonds. The summed E-state index contributed by atoms with van der Waals surface area (Å²) in [6, 6.07) is 2.26. The summed E-state index contributed by atoms with van der Waals surface area (Å²) in [4.78, 5) is 29.4. The molecule has 0 atom stereocenters. The predicted molar refractivity (Wildman–Crippen MR) is 103 cm³/mol. The molecule has 2 aromatic heterocycles.